The number of nitrogens with two attached hydrogens (primary N) is 2. The van der Waals surface area contributed by atoms with Crippen molar-refractivity contribution < 1.29 is 9.18 Å². The number of aryl methyl sites for hydroxylation is 1. The summed E-state index contributed by atoms with van der Waals surface area (Å²) in [5.74, 6) is -0.135. The molecular formula is C20H22FN7O. The molecule has 0 spiro atoms. The van der Waals surface area contributed by atoms with Gasteiger partial charge < -0.3 is 21.7 Å². The molecule has 0 unspecified atom stereocenters. The van der Waals surface area contributed by atoms with Gasteiger partial charge in [0.2, 0.25) is 0 Å². The lowest BCUT2D eigenvalue weighted by molar-refractivity contribution is 0.102. The molecule has 1 aliphatic heterocycles. The Morgan fingerprint density at radius 3 is 2.79 bits per heavy atom. The Kier molecular flexibility index (Phi) is 4.89. The molecule has 2 aromatic heterocycles. The van der Waals surface area contributed by atoms with E-state index in [1.54, 1.807) is 48.3 Å². The van der Waals surface area contributed by atoms with Crippen LogP contribution in [0.3, 0.4) is 0 Å². The van der Waals surface area contributed by atoms with Crippen LogP contribution in [0, 0.1) is 5.82 Å². The normalized spacial score (nSPS) is 16.2. The summed E-state index contributed by atoms with van der Waals surface area (Å²) in [6.07, 6.45) is 2.45. The summed E-state index contributed by atoms with van der Waals surface area (Å²) >= 11 is 0. The van der Waals surface area contributed by atoms with Crippen molar-refractivity contribution in [3.05, 3.63) is 54.1 Å². The van der Waals surface area contributed by atoms with Gasteiger partial charge in [0, 0.05) is 31.7 Å². The molecule has 4 rings (SSSR count). The van der Waals surface area contributed by atoms with Crippen molar-refractivity contribution in [2.75, 3.05) is 29.0 Å². The molecule has 0 bridgehead atoms. The molecular weight excluding hydrogens is 373 g/mol. The monoisotopic (exact) mass is 395 g/mol. The summed E-state index contributed by atoms with van der Waals surface area (Å²) in [5.41, 5.74) is 13.4. The number of nitrogen functional groups attached to an aromatic ring is 1. The van der Waals surface area contributed by atoms with Crippen LogP contribution in [0.1, 0.15) is 16.9 Å². The first-order valence-electron chi connectivity index (χ1n) is 9.29. The highest BCUT2D eigenvalue weighted by molar-refractivity contribution is 6.07. The van der Waals surface area contributed by atoms with Crippen LogP contribution in [-0.2, 0) is 7.05 Å². The predicted molar refractivity (Wildman–Crippen MR) is 110 cm³/mol. The summed E-state index contributed by atoms with van der Waals surface area (Å²) in [7, 11) is 1.81. The Hall–Kier alpha value is -3.46. The van der Waals surface area contributed by atoms with Gasteiger partial charge in [-0.1, -0.05) is 12.1 Å². The minimum Gasteiger partial charge on any atom is -0.397 e. The van der Waals surface area contributed by atoms with Gasteiger partial charge in [-0.3, -0.25) is 9.48 Å². The van der Waals surface area contributed by atoms with Gasteiger partial charge in [0.15, 0.2) is 11.5 Å². The third-order valence-corrected chi connectivity index (χ3v) is 4.97. The zero-order valence-corrected chi connectivity index (χ0v) is 16.0. The van der Waals surface area contributed by atoms with Crippen LogP contribution in [0.2, 0.25) is 0 Å². The van der Waals surface area contributed by atoms with Crippen LogP contribution in [0.25, 0.3) is 11.3 Å². The summed E-state index contributed by atoms with van der Waals surface area (Å²) in [6.45, 7) is 1.47. The van der Waals surface area contributed by atoms with E-state index < -0.39 is 11.7 Å². The second-order valence-electron chi connectivity index (χ2n) is 7.07. The molecule has 0 aliphatic carbocycles. The molecule has 9 heteroatoms. The highest BCUT2D eigenvalue weighted by Gasteiger charge is 2.26. The van der Waals surface area contributed by atoms with E-state index in [2.05, 4.69) is 20.3 Å². The number of hydrogen-bond donors (Lipinski definition) is 3. The quantitative estimate of drug-likeness (QED) is 0.622. The lowest BCUT2D eigenvalue weighted by Gasteiger charge is -2.20. The zero-order valence-electron chi connectivity index (χ0n) is 16.0. The van der Waals surface area contributed by atoms with Gasteiger partial charge in [0.25, 0.3) is 5.91 Å². The third-order valence-electron chi connectivity index (χ3n) is 4.97. The molecule has 29 heavy (non-hydrogen) atoms. The molecule has 0 radical (unpaired) electrons. The largest absolute Gasteiger partial charge is 0.397 e. The maximum absolute atomic E-state index is 14.1. The fraction of sp³-hybridized carbons (Fsp3) is 0.250. The number of aromatic nitrogens is 3. The smallest absolute Gasteiger partial charge is 0.276 e. The van der Waals surface area contributed by atoms with Crippen molar-refractivity contribution in [1.82, 2.24) is 14.8 Å². The molecule has 1 aromatic carbocycles. The molecule has 0 saturated carbocycles. The van der Waals surface area contributed by atoms with Crippen LogP contribution >= 0.6 is 0 Å². The standard InChI is InChI=1S/C20H22FN7O/c1-27-20(28-9-8-12(22)11-28)17(10-24-27)26-19(29)18-15(23)6-7-16(25-18)13-4-2-3-5-14(13)21/h2-7,10,12H,8-9,11,22-23H2,1H3,(H,26,29)/t12-/m0/s1. The van der Waals surface area contributed by atoms with Crippen LogP contribution in [0.15, 0.2) is 42.6 Å². The van der Waals surface area contributed by atoms with E-state index in [1.807, 2.05) is 0 Å². The summed E-state index contributed by atoms with van der Waals surface area (Å²) < 4.78 is 15.8. The van der Waals surface area contributed by atoms with Gasteiger partial charge in [-0.05, 0) is 30.7 Å². The number of pyridine rings is 1. The number of nitrogens with one attached hydrogen (secondary N) is 1. The fourth-order valence-electron chi connectivity index (χ4n) is 3.53. The first kappa shape index (κ1) is 18.9. The second-order valence-corrected chi connectivity index (χ2v) is 7.07. The van der Waals surface area contributed by atoms with Crippen molar-refractivity contribution in [2.24, 2.45) is 12.8 Å². The lowest BCUT2D eigenvalue weighted by Crippen LogP contribution is -2.28. The molecule has 1 fully saturated rings. The van der Waals surface area contributed by atoms with Gasteiger partial charge in [0.05, 0.1) is 17.6 Å². The Balaban J connectivity index is 1.63. The highest BCUT2D eigenvalue weighted by Crippen LogP contribution is 2.29. The van der Waals surface area contributed by atoms with E-state index in [0.717, 1.165) is 18.8 Å². The summed E-state index contributed by atoms with van der Waals surface area (Å²) in [4.78, 5) is 19.3. The molecule has 1 atom stereocenters. The minimum absolute atomic E-state index is 0.0266. The van der Waals surface area contributed by atoms with E-state index in [1.165, 1.54) is 6.07 Å². The Bertz CT molecular complexity index is 1060. The molecule has 1 saturated heterocycles. The van der Waals surface area contributed by atoms with Crippen LogP contribution in [-0.4, -0.2) is 39.8 Å². The number of benzene rings is 1. The van der Waals surface area contributed by atoms with E-state index in [9.17, 15) is 9.18 Å². The maximum Gasteiger partial charge on any atom is 0.276 e. The van der Waals surface area contributed by atoms with Gasteiger partial charge in [-0.15, -0.1) is 0 Å². The Morgan fingerprint density at radius 1 is 1.28 bits per heavy atom. The van der Waals surface area contributed by atoms with Gasteiger partial charge >= 0.3 is 0 Å². The van der Waals surface area contributed by atoms with E-state index >= 15 is 0 Å². The first-order chi connectivity index (χ1) is 13.9. The fourth-order valence-corrected chi connectivity index (χ4v) is 3.53. The van der Waals surface area contributed by atoms with E-state index in [-0.39, 0.29) is 17.4 Å². The number of carbonyl (C=O) groups is 1. The lowest BCUT2D eigenvalue weighted by atomic mass is 10.1. The molecule has 150 valence electrons. The highest BCUT2D eigenvalue weighted by atomic mass is 19.1. The zero-order chi connectivity index (χ0) is 20.5. The van der Waals surface area contributed by atoms with E-state index in [0.29, 0.717) is 23.5 Å². The first-order valence-corrected chi connectivity index (χ1v) is 9.29. The third kappa shape index (κ3) is 3.64. The molecule has 3 heterocycles. The minimum atomic E-state index is -0.488. The number of hydrogen-bond acceptors (Lipinski definition) is 6. The molecule has 3 aromatic rings. The number of rotatable bonds is 4. The summed E-state index contributed by atoms with van der Waals surface area (Å²) in [6, 6.07) is 9.47. The number of carbonyl (C=O) groups excluding carboxylic acids is 1. The van der Waals surface area contributed by atoms with Crippen LogP contribution < -0.4 is 21.7 Å². The number of halogens is 1. The van der Waals surface area contributed by atoms with Crippen LogP contribution in [0.5, 0.6) is 0 Å². The second kappa shape index (κ2) is 7.51. The molecule has 1 aliphatic rings. The van der Waals surface area contributed by atoms with Crippen molar-refractivity contribution in [3.8, 4) is 11.3 Å². The van der Waals surface area contributed by atoms with Crippen molar-refractivity contribution in [2.45, 2.75) is 12.5 Å². The number of nitrogens with zero attached hydrogens (tertiary/aromatic N) is 4. The van der Waals surface area contributed by atoms with E-state index in [4.69, 9.17) is 11.5 Å². The average molecular weight is 395 g/mol. The SMILES string of the molecule is Cn1ncc(NC(=O)c2nc(-c3ccccc3F)ccc2N)c1N1CC[C@H](N)C1. The Labute approximate surface area is 167 Å². The number of anilines is 3. The van der Waals surface area contributed by atoms with Crippen molar-refractivity contribution in [1.29, 1.82) is 0 Å². The summed E-state index contributed by atoms with van der Waals surface area (Å²) in [5, 5.41) is 7.08. The molecule has 1 amide bonds. The topological polar surface area (TPSA) is 115 Å². The number of amides is 1. The van der Waals surface area contributed by atoms with Crippen molar-refractivity contribution >= 4 is 23.1 Å². The maximum atomic E-state index is 14.1. The van der Waals surface area contributed by atoms with Crippen molar-refractivity contribution in [3.63, 3.8) is 0 Å². The Morgan fingerprint density at radius 2 is 2.07 bits per heavy atom. The van der Waals surface area contributed by atoms with Gasteiger partial charge in [-0.2, -0.15) is 5.10 Å². The van der Waals surface area contributed by atoms with Gasteiger partial charge in [-0.25, -0.2) is 9.37 Å². The van der Waals surface area contributed by atoms with Crippen LogP contribution in [0.4, 0.5) is 21.6 Å². The molecule has 5 N–H and O–H groups in total. The molecule has 8 nitrogen and oxygen atoms in total. The average Bonchev–Trinajstić information content (AvgIpc) is 3.28. The predicted octanol–water partition coefficient (Wildman–Crippen LogP) is 1.99. The van der Waals surface area contributed by atoms with Gasteiger partial charge in [0.1, 0.15) is 11.5 Å².